The fraction of sp³-hybridized carbons (Fsp3) is 0.167. The minimum Gasteiger partial charge on any atom is -0.206 e. The lowest BCUT2D eigenvalue weighted by Crippen LogP contribution is -2.01. The fourth-order valence-corrected chi connectivity index (χ4v) is 1.13. The molecule has 0 aliphatic heterocycles. The molecule has 10 heavy (non-hydrogen) atoms. The van der Waals surface area contributed by atoms with Gasteiger partial charge in [0.15, 0.2) is 0 Å². The summed E-state index contributed by atoms with van der Waals surface area (Å²) in [5.74, 6) is -0.657. The molecule has 0 bridgehead atoms. The molecule has 0 atom stereocenters. The normalized spacial score (nSPS) is 16.9. The second kappa shape index (κ2) is 2.79. The SMILES string of the molecule is O=S(=O)=C1CC=CC=C1F. The van der Waals surface area contributed by atoms with E-state index in [-0.39, 0.29) is 11.3 Å². The van der Waals surface area contributed by atoms with Crippen molar-refractivity contribution in [2.24, 2.45) is 0 Å². The Hall–Kier alpha value is -0.900. The molecule has 0 saturated carbocycles. The van der Waals surface area contributed by atoms with Crippen LogP contribution in [0, 0.1) is 0 Å². The maximum atomic E-state index is 12.5. The lowest BCUT2D eigenvalue weighted by atomic mass is 10.2. The molecule has 0 heterocycles. The van der Waals surface area contributed by atoms with Crippen LogP contribution in [0.3, 0.4) is 0 Å². The molecule has 0 spiro atoms. The zero-order chi connectivity index (χ0) is 7.56. The lowest BCUT2D eigenvalue weighted by molar-refractivity contribution is 0.625. The Labute approximate surface area is 59.2 Å². The Morgan fingerprint density at radius 2 is 2.20 bits per heavy atom. The Bertz CT molecular complexity index is 314. The zero-order valence-corrected chi connectivity index (χ0v) is 5.86. The summed E-state index contributed by atoms with van der Waals surface area (Å²) in [6.45, 7) is 0. The Morgan fingerprint density at radius 3 is 2.60 bits per heavy atom. The molecule has 4 heteroatoms. The first-order valence-corrected chi connectivity index (χ1v) is 3.77. The summed E-state index contributed by atoms with van der Waals surface area (Å²) in [5, 5.41) is 0. The third kappa shape index (κ3) is 1.33. The third-order valence-corrected chi connectivity index (χ3v) is 1.91. The first-order valence-electron chi connectivity index (χ1n) is 2.69. The Kier molecular flexibility index (Phi) is 2.01. The summed E-state index contributed by atoms with van der Waals surface area (Å²) >= 11 is 0. The van der Waals surface area contributed by atoms with Crippen LogP contribution < -0.4 is 0 Å². The van der Waals surface area contributed by atoms with Crippen molar-refractivity contribution in [2.45, 2.75) is 6.42 Å². The minimum atomic E-state index is -2.41. The second-order valence-corrected chi connectivity index (χ2v) is 2.77. The van der Waals surface area contributed by atoms with Gasteiger partial charge < -0.3 is 0 Å². The third-order valence-electron chi connectivity index (χ3n) is 1.15. The monoisotopic (exact) mass is 160 g/mol. The average molecular weight is 160 g/mol. The highest BCUT2D eigenvalue weighted by Crippen LogP contribution is 2.08. The molecule has 1 rings (SSSR count). The predicted molar refractivity (Wildman–Crippen MR) is 36.9 cm³/mol. The van der Waals surface area contributed by atoms with Crippen molar-refractivity contribution in [1.82, 2.24) is 0 Å². The molecule has 0 aromatic carbocycles. The molecular formula is C6H5FO2S. The average Bonchev–Trinajstić information content (AvgIpc) is 1.88. The molecule has 0 amide bonds. The van der Waals surface area contributed by atoms with Crippen LogP contribution in [0.5, 0.6) is 0 Å². The van der Waals surface area contributed by atoms with Crippen molar-refractivity contribution < 1.29 is 12.8 Å². The molecule has 0 radical (unpaired) electrons. The van der Waals surface area contributed by atoms with Gasteiger partial charge in [-0.3, -0.25) is 0 Å². The van der Waals surface area contributed by atoms with Crippen LogP contribution in [0.15, 0.2) is 24.1 Å². The van der Waals surface area contributed by atoms with Crippen LogP contribution in [-0.2, 0) is 10.3 Å². The van der Waals surface area contributed by atoms with Gasteiger partial charge in [0.25, 0.3) is 0 Å². The van der Waals surface area contributed by atoms with Crippen LogP contribution >= 0.6 is 0 Å². The van der Waals surface area contributed by atoms with Gasteiger partial charge in [-0.05, 0) is 6.08 Å². The van der Waals surface area contributed by atoms with E-state index in [1.807, 2.05) is 0 Å². The minimum absolute atomic E-state index is 0.164. The quantitative estimate of drug-likeness (QED) is 0.492. The molecular weight excluding hydrogens is 155 g/mol. The highest BCUT2D eigenvalue weighted by molar-refractivity contribution is 7.73. The molecule has 0 fully saturated rings. The van der Waals surface area contributed by atoms with Crippen LogP contribution in [0.25, 0.3) is 0 Å². The van der Waals surface area contributed by atoms with E-state index < -0.39 is 16.1 Å². The van der Waals surface area contributed by atoms with Gasteiger partial charge in [0, 0.05) is 6.42 Å². The van der Waals surface area contributed by atoms with Crippen molar-refractivity contribution in [3.8, 4) is 0 Å². The largest absolute Gasteiger partial charge is 0.220 e. The first kappa shape index (κ1) is 7.21. The van der Waals surface area contributed by atoms with E-state index in [4.69, 9.17) is 0 Å². The highest BCUT2D eigenvalue weighted by Gasteiger charge is 2.08. The van der Waals surface area contributed by atoms with Gasteiger partial charge >= 0.3 is 0 Å². The lowest BCUT2D eigenvalue weighted by Gasteiger charge is -1.97. The van der Waals surface area contributed by atoms with Crippen LogP contribution in [0.4, 0.5) is 4.39 Å². The van der Waals surface area contributed by atoms with Gasteiger partial charge in [-0.2, -0.15) is 8.42 Å². The van der Waals surface area contributed by atoms with E-state index in [0.717, 1.165) is 6.08 Å². The summed E-state index contributed by atoms with van der Waals surface area (Å²) in [6, 6.07) is 0. The smallest absolute Gasteiger partial charge is 0.206 e. The van der Waals surface area contributed by atoms with Gasteiger partial charge in [0.05, 0.1) is 0 Å². The van der Waals surface area contributed by atoms with E-state index in [2.05, 4.69) is 0 Å². The van der Waals surface area contributed by atoms with Crippen molar-refractivity contribution in [3.63, 3.8) is 0 Å². The van der Waals surface area contributed by atoms with E-state index in [1.165, 1.54) is 6.08 Å². The molecule has 54 valence electrons. The zero-order valence-electron chi connectivity index (χ0n) is 5.04. The number of halogens is 1. The molecule has 2 nitrogen and oxygen atoms in total. The van der Waals surface area contributed by atoms with Crippen molar-refractivity contribution in [3.05, 3.63) is 24.1 Å². The molecule has 0 aromatic rings. The van der Waals surface area contributed by atoms with E-state index in [9.17, 15) is 12.8 Å². The number of rotatable bonds is 0. The summed E-state index contributed by atoms with van der Waals surface area (Å²) < 4.78 is 32.9. The summed E-state index contributed by atoms with van der Waals surface area (Å²) in [4.78, 5) is -0.164. The van der Waals surface area contributed by atoms with Gasteiger partial charge in [0.2, 0.25) is 10.3 Å². The summed E-state index contributed by atoms with van der Waals surface area (Å²) in [5.41, 5.74) is 0. The maximum absolute atomic E-state index is 12.5. The molecule has 1 aliphatic carbocycles. The summed E-state index contributed by atoms with van der Waals surface area (Å²) in [7, 11) is -2.41. The Balaban J connectivity index is 3.19. The molecule has 0 unspecified atom stereocenters. The van der Waals surface area contributed by atoms with Crippen molar-refractivity contribution in [2.75, 3.05) is 0 Å². The van der Waals surface area contributed by atoms with E-state index >= 15 is 0 Å². The molecule has 0 N–H and O–H groups in total. The van der Waals surface area contributed by atoms with E-state index in [1.54, 1.807) is 6.08 Å². The van der Waals surface area contributed by atoms with Gasteiger partial charge in [-0.25, -0.2) is 4.39 Å². The molecule has 0 aromatic heterocycles. The number of allylic oxidation sites excluding steroid dienone is 4. The van der Waals surface area contributed by atoms with Gasteiger partial charge in [-0.15, -0.1) is 0 Å². The number of hydrogen-bond donors (Lipinski definition) is 0. The molecule has 0 saturated heterocycles. The van der Waals surface area contributed by atoms with Crippen molar-refractivity contribution >= 4 is 15.2 Å². The predicted octanol–water partition coefficient (Wildman–Crippen LogP) is 0.851. The number of hydrogen-bond acceptors (Lipinski definition) is 2. The topological polar surface area (TPSA) is 34.1 Å². The van der Waals surface area contributed by atoms with Gasteiger partial charge in [0.1, 0.15) is 10.7 Å². The van der Waals surface area contributed by atoms with Crippen molar-refractivity contribution in [1.29, 1.82) is 0 Å². The highest BCUT2D eigenvalue weighted by atomic mass is 32.2. The standard InChI is InChI=1S/C6H5FO2S/c7-5-3-1-2-4-6(5)10(8)9/h1-3H,4H2. The van der Waals surface area contributed by atoms with Crippen LogP contribution in [0.1, 0.15) is 6.42 Å². The van der Waals surface area contributed by atoms with E-state index in [0.29, 0.717) is 0 Å². The molecule has 1 aliphatic rings. The van der Waals surface area contributed by atoms with Crippen LogP contribution in [0.2, 0.25) is 0 Å². The maximum Gasteiger partial charge on any atom is 0.220 e. The Morgan fingerprint density at radius 1 is 1.50 bits per heavy atom. The summed E-state index contributed by atoms with van der Waals surface area (Å²) in [6.07, 6.45) is 4.38. The van der Waals surface area contributed by atoms with Gasteiger partial charge in [-0.1, -0.05) is 12.2 Å². The first-order chi connectivity index (χ1) is 4.72. The second-order valence-electron chi connectivity index (χ2n) is 1.80. The van der Waals surface area contributed by atoms with Crippen LogP contribution in [-0.4, -0.2) is 13.3 Å². The fourth-order valence-electron chi connectivity index (χ4n) is 0.666.